The molecule has 4 bridgehead atoms. The molecule has 0 radical (unpaired) electrons. The van der Waals surface area contributed by atoms with Crippen molar-refractivity contribution in [3.05, 3.63) is 35.4 Å². The first kappa shape index (κ1) is 19.4. The molecule has 6 nitrogen and oxygen atoms in total. The molecule has 2 aliphatic heterocycles. The molecule has 1 aromatic carbocycles. The summed E-state index contributed by atoms with van der Waals surface area (Å²) in [4.78, 5) is 15.8. The number of rotatable bonds is 5. The van der Waals surface area contributed by atoms with Crippen LogP contribution >= 0.6 is 0 Å². The number of esters is 1. The van der Waals surface area contributed by atoms with Crippen molar-refractivity contribution in [2.75, 3.05) is 26.8 Å². The maximum Gasteiger partial charge on any atom is 0.312 e. The van der Waals surface area contributed by atoms with E-state index in [1.807, 2.05) is 19.1 Å². The summed E-state index contributed by atoms with van der Waals surface area (Å²) >= 11 is 0. The normalized spacial score (nSPS) is 42.4. The minimum absolute atomic E-state index is 0.253. The highest BCUT2D eigenvalue weighted by Crippen LogP contribution is 2.74. The smallest absolute Gasteiger partial charge is 0.312 e. The van der Waals surface area contributed by atoms with Crippen molar-refractivity contribution < 1.29 is 24.1 Å². The summed E-state index contributed by atoms with van der Waals surface area (Å²) in [5.41, 5.74) is 0.584. The van der Waals surface area contributed by atoms with Crippen LogP contribution in [-0.4, -0.2) is 60.5 Å². The van der Waals surface area contributed by atoms with Gasteiger partial charge in [0.2, 0.25) is 0 Å². The molecule has 5 aliphatic carbocycles. The number of ether oxygens (including phenoxy) is 3. The monoisotopic (exact) mass is 437 g/mol. The van der Waals surface area contributed by atoms with Gasteiger partial charge in [0.05, 0.1) is 25.0 Å². The van der Waals surface area contributed by atoms with E-state index in [4.69, 9.17) is 14.2 Å². The topological polar surface area (TPSA) is 68.2 Å². The quantitative estimate of drug-likeness (QED) is 0.564. The number of piperidine rings is 1. The molecule has 2 heterocycles. The summed E-state index contributed by atoms with van der Waals surface area (Å²) in [7, 11) is 1.67. The average molecular weight is 438 g/mol. The van der Waals surface area contributed by atoms with Gasteiger partial charge in [0.1, 0.15) is 11.7 Å². The molecule has 1 N–H and O–H groups in total. The van der Waals surface area contributed by atoms with Gasteiger partial charge in [0.25, 0.3) is 0 Å². The molecule has 0 amide bonds. The van der Waals surface area contributed by atoms with Crippen molar-refractivity contribution in [3.63, 3.8) is 0 Å². The Bertz CT molecular complexity index is 1050. The van der Waals surface area contributed by atoms with Gasteiger partial charge in [-0.15, -0.1) is 0 Å². The number of fused-ring (bicyclic) bond motifs is 1. The Kier molecular flexibility index (Phi) is 3.69. The number of hydrogen-bond acceptors (Lipinski definition) is 6. The number of carbonyl (C=O) groups excluding carboxylic acids is 1. The van der Waals surface area contributed by atoms with Crippen molar-refractivity contribution in [2.45, 2.75) is 62.2 Å². The highest BCUT2D eigenvalue weighted by Gasteiger charge is 2.79. The molecule has 2 unspecified atom stereocenters. The van der Waals surface area contributed by atoms with Crippen LogP contribution in [0, 0.1) is 17.3 Å². The van der Waals surface area contributed by atoms with Crippen LogP contribution in [0.4, 0.5) is 0 Å². The maximum atomic E-state index is 13.1. The van der Waals surface area contributed by atoms with Crippen LogP contribution in [0.2, 0.25) is 0 Å². The van der Waals surface area contributed by atoms with Gasteiger partial charge >= 0.3 is 5.97 Å². The van der Waals surface area contributed by atoms with E-state index >= 15 is 0 Å². The first-order chi connectivity index (χ1) is 15.5. The number of benzene rings is 1. The zero-order valence-electron chi connectivity index (χ0n) is 18.8. The Hall–Kier alpha value is -2.05. The Morgan fingerprint density at radius 2 is 2.16 bits per heavy atom. The van der Waals surface area contributed by atoms with Gasteiger partial charge < -0.3 is 19.3 Å². The third-order valence-corrected chi connectivity index (χ3v) is 9.56. The van der Waals surface area contributed by atoms with E-state index in [0.717, 1.165) is 43.3 Å². The van der Waals surface area contributed by atoms with E-state index < -0.39 is 17.6 Å². The van der Waals surface area contributed by atoms with Crippen LogP contribution in [0.5, 0.6) is 11.5 Å². The molecule has 6 heteroatoms. The van der Waals surface area contributed by atoms with Gasteiger partial charge in [-0.2, -0.15) is 0 Å². The van der Waals surface area contributed by atoms with Gasteiger partial charge in [-0.25, -0.2) is 0 Å². The zero-order valence-corrected chi connectivity index (χ0v) is 18.8. The second kappa shape index (κ2) is 6.09. The molecule has 3 fully saturated rings. The van der Waals surface area contributed by atoms with Crippen LogP contribution in [0.1, 0.15) is 43.7 Å². The summed E-state index contributed by atoms with van der Waals surface area (Å²) in [5.74, 6) is 1.38. The van der Waals surface area contributed by atoms with Crippen LogP contribution in [-0.2, 0) is 21.4 Å². The number of hydrogen-bond donors (Lipinski definition) is 1. The van der Waals surface area contributed by atoms with E-state index in [-0.39, 0.29) is 16.8 Å². The second-order valence-corrected chi connectivity index (χ2v) is 10.8. The molecule has 2 saturated carbocycles. The Labute approximate surface area is 188 Å². The molecule has 32 heavy (non-hydrogen) atoms. The summed E-state index contributed by atoms with van der Waals surface area (Å²) < 4.78 is 17.8. The maximum absolute atomic E-state index is 13.1. The van der Waals surface area contributed by atoms with Crippen molar-refractivity contribution >= 4 is 5.97 Å². The lowest BCUT2D eigenvalue weighted by Gasteiger charge is -2.70. The van der Waals surface area contributed by atoms with Gasteiger partial charge in [-0.1, -0.05) is 18.2 Å². The Morgan fingerprint density at radius 1 is 1.31 bits per heavy atom. The fourth-order valence-electron chi connectivity index (χ4n) is 8.15. The SMILES string of the molecule is CCOC(=O)[C@H]1C[C@@]23C=C[C@]1(O)[C@@H]1Oc4c(OC)ccc5c4C12CCN(CC1CC1)C3C5. The number of nitrogens with zero attached hydrogens (tertiary/aromatic N) is 1. The predicted octanol–water partition coefficient (Wildman–Crippen LogP) is 2.60. The van der Waals surface area contributed by atoms with E-state index in [9.17, 15) is 9.90 Å². The van der Waals surface area contributed by atoms with E-state index in [0.29, 0.717) is 19.1 Å². The molecule has 8 rings (SSSR count). The van der Waals surface area contributed by atoms with Crippen LogP contribution < -0.4 is 9.47 Å². The van der Waals surface area contributed by atoms with Crippen molar-refractivity contribution in [2.24, 2.45) is 17.3 Å². The van der Waals surface area contributed by atoms with Gasteiger partial charge in [0, 0.05) is 23.6 Å². The standard InChI is InChI=1S/C26H31NO5/c1-3-31-22(28)17-13-24-8-9-26(17,29)23-25(24)10-11-27(14-15-4-5-15)19(24)12-16-6-7-18(30-2)21(32-23)20(16)25/h6-9,15,17,19,23,29H,3-5,10-14H2,1-2H3/t17-,19?,23-,24-,25?,26-/m1/s1. The number of methoxy groups -OCH3 is 1. The zero-order chi connectivity index (χ0) is 21.9. The largest absolute Gasteiger partial charge is 0.493 e. The van der Waals surface area contributed by atoms with E-state index in [1.165, 1.54) is 24.0 Å². The molecular formula is C26H31NO5. The molecule has 6 atom stereocenters. The number of likely N-dealkylation sites (tertiary alicyclic amines) is 1. The summed E-state index contributed by atoms with van der Waals surface area (Å²) in [6, 6.07) is 4.50. The molecule has 7 aliphatic rings. The third-order valence-electron chi connectivity index (χ3n) is 9.56. The molecule has 0 aromatic heterocycles. The lowest BCUT2D eigenvalue weighted by atomic mass is 9.37. The first-order valence-corrected chi connectivity index (χ1v) is 12.2. The lowest BCUT2D eigenvalue weighted by Crippen LogP contribution is -2.79. The highest BCUT2D eigenvalue weighted by molar-refractivity contribution is 5.78. The van der Waals surface area contributed by atoms with Gasteiger partial charge in [-0.05, 0) is 63.1 Å². The lowest BCUT2D eigenvalue weighted by molar-refractivity contribution is -0.215. The van der Waals surface area contributed by atoms with Crippen molar-refractivity contribution in [1.82, 2.24) is 4.90 Å². The summed E-state index contributed by atoms with van der Waals surface area (Å²) in [5, 5.41) is 12.1. The Morgan fingerprint density at radius 3 is 2.91 bits per heavy atom. The average Bonchev–Trinajstić information content (AvgIpc) is 3.53. The molecule has 170 valence electrons. The number of carbonyl (C=O) groups is 1. The summed E-state index contributed by atoms with van der Waals surface area (Å²) in [6.07, 6.45) is 8.78. The first-order valence-electron chi connectivity index (χ1n) is 12.2. The fourth-order valence-corrected chi connectivity index (χ4v) is 8.15. The second-order valence-electron chi connectivity index (χ2n) is 10.8. The van der Waals surface area contributed by atoms with Crippen molar-refractivity contribution in [1.29, 1.82) is 0 Å². The van der Waals surface area contributed by atoms with Gasteiger partial charge in [-0.3, -0.25) is 9.69 Å². The van der Waals surface area contributed by atoms with Crippen molar-refractivity contribution in [3.8, 4) is 11.5 Å². The fraction of sp³-hybridized carbons (Fsp3) is 0.654. The minimum atomic E-state index is -1.38. The van der Waals surface area contributed by atoms with E-state index in [2.05, 4.69) is 17.0 Å². The van der Waals surface area contributed by atoms with E-state index in [1.54, 1.807) is 7.11 Å². The molecule has 1 aromatic rings. The molecule has 1 saturated heterocycles. The Balaban J connectivity index is 1.46. The minimum Gasteiger partial charge on any atom is -0.493 e. The van der Waals surface area contributed by atoms with Crippen LogP contribution in [0.3, 0.4) is 0 Å². The van der Waals surface area contributed by atoms with Crippen LogP contribution in [0.15, 0.2) is 24.3 Å². The van der Waals surface area contributed by atoms with Gasteiger partial charge in [0.15, 0.2) is 11.5 Å². The predicted molar refractivity (Wildman–Crippen MR) is 117 cm³/mol. The number of aliphatic hydroxyl groups is 1. The summed E-state index contributed by atoms with van der Waals surface area (Å²) in [6.45, 7) is 4.28. The highest BCUT2D eigenvalue weighted by atomic mass is 16.5. The third kappa shape index (κ3) is 2.03. The molecule has 2 spiro atoms. The molecular weight excluding hydrogens is 406 g/mol. The van der Waals surface area contributed by atoms with Crippen LogP contribution in [0.25, 0.3) is 0 Å².